The summed E-state index contributed by atoms with van der Waals surface area (Å²) in [5, 5.41) is 3.24. The van der Waals surface area contributed by atoms with E-state index in [-0.39, 0.29) is 24.9 Å². The van der Waals surface area contributed by atoms with Crippen LogP contribution in [0.5, 0.6) is 5.75 Å². The Morgan fingerprint density at radius 2 is 1.89 bits per heavy atom. The second kappa shape index (κ2) is 11.9. The molecule has 1 aromatic rings. The number of rotatable bonds is 10. The monoisotopic (exact) mass is 485 g/mol. The molecule has 35 heavy (non-hydrogen) atoms. The third-order valence-electron chi connectivity index (χ3n) is 7.80. The minimum Gasteiger partial charge on any atom is -0.497 e. The van der Waals surface area contributed by atoms with Crippen LogP contribution in [-0.4, -0.2) is 80.4 Å². The van der Waals surface area contributed by atoms with Gasteiger partial charge in [0, 0.05) is 51.5 Å². The fourth-order valence-electron chi connectivity index (χ4n) is 5.84. The molecule has 2 amide bonds. The van der Waals surface area contributed by atoms with Crippen molar-refractivity contribution >= 4 is 23.3 Å². The number of carbonyl (C=O) groups is 3. The zero-order valence-corrected chi connectivity index (χ0v) is 21.1. The van der Waals surface area contributed by atoms with Gasteiger partial charge in [-0.1, -0.05) is 25.3 Å². The number of anilines is 1. The fourth-order valence-corrected chi connectivity index (χ4v) is 5.84. The normalized spacial score (nSPS) is 21.9. The summed E-state index contributed by atoms with van der Waals surface area (Å²) >= 11 is 0. The number of hydrogen-bond acceptors (Lipinski definition) is 6. The largest absolute Gasteiger partial charge is 0.497 e. The smallest absolute Gasteiger partial charge is 0.290 e. The number of nitrogens with one attached hydrogen (secondary N) is 1. The predicted octanol–water partition coefficient (Wildman–Crippen LogP) is 3.21. The first-order valence-corrected chi connectivity index (χ1v) is 13.0. The van der Waals surface area contributed by atoms with Crippen LogP contribution in [0.4, 0.5) is 5.69 Å². The van der Waals surface area contributed by atoms with Crippen LogP contribution < -0.4 is 10.1 Å². The molecule has 2 heterocycles. The molecule has 1 unspecified atom stereocenters. The first-order valence-electron chi connectivity index (χ1n) is 13.0. The van der Waals surface area contributed by atoms with Crippen LogP contribution in [0.15, 0.2) is 18.2 Å². The van der Waals surface area contributed by atoms with E-state index in [0.29, 0.717) is 31.4 Å². The average molecular weight is 486 g/mol. The molecule has 1 saturated heterocycles. The van der Waals surface area contributed by atoms with E-state index in [2.05, 4.69) is 5.32 Å². The van der Waals surface area contributed by atoms with E-state index >= 15 is 0 Å². The molecule has 1 aliphatic carbocycles. The number of fused-ring (bicyclic) bond motifs is 1. The van der Waals surface area contributed by atoms with E-state index in [9.17, 15) is 14.4 Å². The molecule has 0 aromatic heterocycles. The highest BCUT2D eigenvalue weighted by molar-refractivity contribution is 6.38. The minimum absolute atomic E-state index is 0.0402. The quantitative estimate of drug-likeness (QED) is 0.512. The Morgan fingerprint density at radius 1 is 1.09 bits per heavy atom. The lowest BCUT2D eigenvalue weighted by Crippen LogP contribution is -2.45. The molecule has 1 aromatic carbocycles. The van der Waals surface area contributed by atoms with E-state index < -0.39 is 17.6 Å². The summed E-state index contributed by atoms with van der Waals surface area (Å²) in [6, 6.07) is 5.65. The van der Waals surface area contributed by atoms with Crippen molar-refractivity contribution in [2.45, 2.75) is 63.3 Å². The van der Waals surface area contributed by atoms with Gasteiger partial charge in [-0.25, -0.2) is 0 Å². The molecule has 8 heteroatoms. The summed E-state index contributed by atoms with van der Waals surface area (Å²) in [5.74, 6) is -0.239. The number of likely N-dealkylation sites (tertiary alicyclic amines) is 1. The number of methoxy groups -OCH3 is 2. The Balaban J connectivity index is 1.44. The molecule has 8 nitrogen and oxygen atoms in total. The average Bonchev–Trinajstić information content (AvgIpc) is 3.53. The number of ketones is 1. The molecule has 0 radical (unpaired) electrons. The first kappa shape index (κ1) is 25.5. The van der Waals surface area contributed by atoms with E-state index in [0.717, 1.165) is 56.3 Å². The van der Waals surface area contributed by atoms with Gasteiger partial charge in [-0.05, 0) is 43.2 Å². The van der Waals surface area contributed by atoms with Crippen LogP contribution in [-0.2, 0) is 19.1 Å². The molecule has 2 fully saturated rings. The standard InChI is InChI=1S/C27H39N3O5/c1-34-18-20-9-6-13-30(20)25(31)12-14-29(17-19-7-4-3-5-8-19)27(33)26(32)23-16-28-24-15-21(35-2)10-11-22(23)24/h10-11,15,19-20,23,28H,3-9,12-14,16-18H2,1-2H3/t20-,23?/m1/s1. The molecule has 2 aliphatic heterocycles. The number of Topliss-reactive ketones (excluding diaryl/α,β-unsaturated/α-hetero) is 1. The molecule has 0 bridgehead atoms. The summed E-state index contributed by atoms with van der Waals surface area (Å²) in [7, 11) is 3.26. The molecule has 4 rings (SSSR count). The van der Waals surface area contributed by atoms with Crippen LogP contribution in [0.2, 0.25) is 0 Å². The van der Waals surface area contributed by atoms with E-state index in [4.69, 9.17) is 9.47 Å². The maximum atomic E-state index is 13.5. The lowest BCUT2D eigenvalue weighted by atomic mass is 9.88. The molecule has 1 saturated carbocycles. The Hall–Kier alpha value is -2.61. The molecular weight excluding hydrogens is 446 g/mol. The van der Waals surface area contributed by atoms with Crippen LogP contribution in [0.1, 0.15) is 62.8 Å². The van der Waals surface area contributed by atoms with Crippen molar-refractivity contribution in [1.82, 2.24) is 9.80 Å². The SMILES string of the molecule is COC[C@H]1CCCN1C(=O)CCN(CC1CCCCC1)C(=O)C(=O)C1CNc2cc(OC)ccc21. The number of hydrogen-bond donors (Lipinski definition) is 1. The van der Waals surface area contributed by atoms with Crippen LogP contribution in [0, 0.1) is 5.92 Å². The van der Waals surface area contributed by atoms with Crippen LogP contribution >= 0.6 is 0 Å². The van der Waals surface area contributed by atoms with Gasteiger partial charge in [-0.3, -0.25) is 14.4 Å². The number of carbonyl (C=O) groups excluding carboxylic acids is 3. The highest BCUT2D eigenvalue weighted by Gasteiger charge is 2.36. The highest BCUT2D eigenvalue weighted by atomic mass is 16.5. The second-order valence-corrected chi connectivity index (χ2v) is 10.1. The van der Waals surface area contributed by atoms with Gasteiger partial charge < -0.3 is 24.6 Å². The molecule has 2 atom stereocenters. The van der Waals surface area contributed by atoms with Gasteiger partial charge in [-0.2, -0.15) is 0 Å². The van der Waals surface area contributed by atoms with Crippen molar-refractivity contribution in [2.75, 3.05) is 52.3 Å². The summed E-state index contributed by atoms with van der Waals surface area (Å²) in [6.07, 6.45) is 7.85. The third-order valence-corrected chi connectivity index (χ3v) is 7.80. The van der Waals surface area contributed by atoms with Gasteiger partial charge >= 0.3 is 0 Å². The van der Waals surface area contributed by atoms with Crippen LogP contribution in [0.25, 0.3) is 0 Å². The Kier molecular flexibility index (Phi) is 8.65. The molecule has 192 valence electrons. The maximum Gasteiger partial charge on any atom is 0.290 e. The Labute approximate surface area is 208 Å². The van der Waals surface area contributed by atoms with Crippen molar-refractivity contribution in [2.24, 2.45) is 5.92 Å². The van der Waals surface area contributed by atoms with Crippen molar-refractivity contribution in [3.8, 4) is 5.75 Å². The summed E-state index contributed by atoms with van der Waals surface area (Å²) in [6.45, 7) is 2.50. The van der Waals surface area contributed by atoms with Gasteiger partial charge in [0.25, 0.3) is 5.91 Å². The number of amides is 2. The maximum absolute atomic E-state index is 13.5. The molecule has 1 N–H and O–H groups in total. The van der Waals surface area contributed by atoms with E-state index in [1.165, 1.54) is 6.42 Å². The zero-order chi connectivity index (χ0) is 24.8. The molecule has 0 spiro atoms. The molecular formula is C27H39N3O5. The van der Waals surface area contributed by atoms with Gasteiger partial charge in [0.2, 0.25) is 11.7 Å². The fraction of sp³-hybridized carbons (Fsp3) is 0.667. The number of ether oxygens (including phenoxy) is 2. The lowest BCUT2D eigenvalue weighted by molar-refractivity contribution is -0.146. The second-order valence-electron chi connectivity index (χ2n) is 10.1. The topological polar surface area (TPSA) is 88.2 Å². The van der Waals surface area contributed by atoms with Gasteiger partial charge in [-0.15, -0.1) is 0 Å². The highest BCUT2D eigenvalue weighted by Crippen LogP contribution is 2.35. The van der Waals surface area contributed by atoms with Gasteiger partial charge in [0.15, 0.2) is 0 Å². The zero-order valence-electron chi connectivity index (χ0n) is 21.1. The van der Waals surface area contributed by atoms with E-state index in [1.807, 2.05) is 23.1 Å². The predicted molar refractivity (Wildman–Crippen MR) is 134 cm³/mol. The Bertz CT molecular complexity index is 914. The minimum atomic E-state index is -0.516. The molecule has 3 aliphatic rings. The summed E-state index contributed by atoms with van der Waals surface area (Å²) in [4.78, 5) is 43.5. The van der Waals surface area contributed by atoms with Gasteiger partial charge in [0.05, 0.1) is 25.7 Å². The van der Waals surface area contributed by atoms with Crippen molar-refractivity contribution in [1.29, 1.82) is 0 Å². The van der Waals surface area contributed by atoms with E-state index in [1.54, 1.807) is 19.1 Å². The number of nitrogens with zero attached hydrogens (tertiary/aromatic N) is 2. The van der Waals surface area contributed by atoms with Crippen molar-refractivity contribution in [3.63, 3.8) is 0 Å². The summed E-state index contributed by atoms with van der Waals surface area (Å²) in [5.41, 5.74) is 1.67. The Morgan fingerprint density at radius 3 is 2.63 bits per heavy atom. The summed E-state index contributed by atoms with van der Waals surface area (Å²) < 4.78 is 10.6. The van der Waals surface area contributed by atoms with Crippen molar-refractivity contribution in [3.05, 3.63) is 23.8 Å². The van der Waals surface area contributed by atoms with Crippen LogP contribution in [0.3, 0.4) is 0 Å². The van der Waals surface area contributed by atoms with Crippen molar-refractivity contribution < 1.29 is 23.9 Å². The van der Waals surface area contributed by atoms with Gasteiger partial charge in [0.1, 0.15) is 5.75 Å². The lowest BCUT2D eigenvalue weighted by Gasteiger charge is -2.31. The first-order chi connectivity index (χ1) is 17.0. The third kappa shape index (κ3) is 5.97. The number of benzene rings is 1.